The Labute approximate surface area is 100.0 Å². The summed E-state index contributed by atoms with van der Waals surface area (Å²) in [4.78, 5) is 0. The summed E-state index contributed by atoms with van der Waals surface area (Å²) in [5, 5.41) is 0. The minimum atomic E-state index is -1.02. The van der Waals surface area contributed by atoms with E-state index >= 15 is 0 Å². The molecule has 1 aliphatic heterocycles. The molecule has 0 radical (unpaired) electrons. The second kappa shape index (κ2) is 4.82. The Balaban J connectivity index is 2.23. The molecule has 1 aromatic carbocycles. The van der Waals surface area contributed by atoms with Crippen molar-refractivity contribution in [1.82, 2.24) is 0 Å². The van der Waals surface area contributed by atoms with Gasteiger partial charge in [0.1, 0.15) is 0 Å². The Morgan fingerprint density at radius 3 is 2.81 bits per heavy atom. The molecule has 0 spiro atoms. The van der Waals surface area contributed by atoms with Gasteiger partial charge in [-0.3, -0.25) is 0 Å². The van der Waals surface area contributed by atoms with Crippen LogP contribution in [0.5, 0.6) is 5.75 Å². The maximum Gasteiger partial charge on any atom is 0.280 e. The van der Waals surface area contributed by atoms with Crippen LogP contribution in [-0.2, 0) is 4.74 Å². The summed E-state index contributed by atoms with van der Waals surface area (Å²) in [5.74, 6) is -1.93. The molecule has 1 aromatic rings. The van der Waals surface area contributed by atoms with Crippen molar-refractivity contribution in [1.29, 1.82) is 0 Å². The number of allylic oxidation sites excluding steroid dienone is 1. The molecule has 0 aromatic heterocycles. The average Bonchev–Trinajstić information content (AvgIpc) is 2.27. The van der Waals surface area contributed by atoms with Crippen molar-refractivity contribution < 1.29 is 18.3 Å². The first-order chi connectivity index (χ1) is 7.66. The minimum absolute atomic E-state index is 0.181. The first-order valence-corrected chi connectivity index (χ1v) is 5.61. The number of ether oxygens (including phenoxy) is 2. The zero-order valence-electron chi connectivity index (χ0n) is 8.30. The molecular weight excluding hydrogens is 282 g/mol. The fourth-order valence-corrected chi connectivity index (χ4v) is 1.73. The maximum atomic E-state index is 13.3. The molecule has 0 N–H and O–H groups in total. The molecule has 0 amide bonds. The van der Waals surface area contributed by atoms with Gasteiger partial charge in [-0.15, -0.1) is 0 Å². The highest BCUT2D eigenvalue weighted by molar-refractivity contribution is 9.10. The van der Waals surface area contributed by atoms with E-state index in [-0.39, 0.29) is 11.7 Å². The van der Waals surface area contributed by atoms with E-state index in [2.05, 4.69) is 15.9 Å². The third-order valence-corrected chi connectivity index (χ3v) is 2.53. The molecule has 1 aliphatic rings. The molecule has 0 bridgehead atoms. The van der Waals surface area contributed by atoms with Crippen LogP contribution in [-0.4, -0.2) is 6.61 Å². The molecule has 86 valence electrons. The predicted octanol–water partition coefficient (Wildman–Crippen LogP) is 3.76. The first kappa shape index (κ1) is 11.4. The van der Waals surface area contributed by atoms with E-state index in [1.165, 1.54) is 6.07 Å². The quantitative estimate of drug-likeness (QED) is 0.772. The highest BCUT2D eigenvalue weighted by atomic mass is 79.9. The molecule has 2 rings (SSSR count). The van der Waals surface area contributed by atoms with Gasteiger partial charge in [0, 0.05) is 4.47 Å². The Morgan fingerprint density at radius 2 is 2.12 bits per heavy atom. The smallest absolute Gasteiger partial charge is 0.280 e. The van der Waals surface area contributed by atoms with Gasteiger partial charge in [0.25, 0.3) is 5.95 Å². The third kappa shape index (κ3) is 2.52. The van der Waals surface area contributed by atoms with Crippen LogP contribution in [0.15, 0.2) is 28.6 Å². The van der Waals surface area contributed by atoms with Gasteiger partial charge in [-0.1, -0.05) is 15.9 Å². The van der Waals surface area contributed by atoms with Crippen molar-refractivity contribution in [2.24, 2.45) is 0 Å². The topological polar surface area (TPSA) is 18.5 Å². The Bertz CT molecular complexity index is 432. The van der Waals surface area contributed by atoms with Gasteiger partial charge in [-0.25, -0.2) is 4.39 Å². The number of halogens is 3. The SMILES string of the molecule is Fc1cc(Br)cc(OC2=CCCCO2)c1F. The molecule has 0 atom stereocenters. The van der Waals surface area contributed by atoms with Crippen LogP contribution >= 0.6 is 15.9 Å². The van der Waals surface area contributed by atoms with E-state index in [0.717, 1.165) is 18.9 Å². The number of rotatable bonds is 2. The van der Waals surface area contributed by atoms with Crippen LogP contribution in [0.4, 0.5) is 8.78 Å². The summed E-state index contributed by atoms with van der Waals surface area (Å²) in [5.41, 5.74) is 0. The second-order valence-corrected chi connectivity index (χ2v) is 4.23. The fraction of sp³-hybridized carbons (Fsp3) is 0.273. The lowest BCUT2D eigenvalue weighted by molar-refractivity contribution is 0.0892. The Hall–Kier alpha value is -1.10. The summed E-state index contributed by atoms with van der Waals surface area (Å²) < 4.78 is 37.1. The Kier molecular flexibility index (Phi) is 3.43. The van der Waals surface area contributed by atoms with Crippen molar-refractivity contribution in [2.45, 2.75) is 12.8 Å². The van der Waals surface area contributed by atoms with Gasteiger partial charge in [-0.2, -0.15) is 4.39 Å². The molecule has 0 fully saturated rings. The molecular formula is C11H9BrF2O2. The van der Waals surface area contributed by atoms with Crippen molar-refractivity contribution in [2.75, 3.05) is 6.61 Å². The predicted molar refractivity (Wildman–Crippen MR) is 58.0 cm³/mol. The number of hydrogen-bond donors (Lipinski definition) is 0. The second-order valence-electron chi connectivity index (χ2n) is 3.32. The summed E-state index contributed by atoms with van der Waals surface area (Å²) in [6, 6.07) is 2.40. The number of benzene rings is 1. The van der Waals surface area contributed by atoms with E-state index in [0.29, 0.717) is 11.1 Å². The van der Waals surface area contributed by atoms with Gasteiger partial charge < -0.3 is 9.47 Å². The van der Waals surface area contributed by atoms with Crippen molar-refractivity contribution >= 4 is 15.9 Å². The van der Waals surface area contributed by atoms with Crippen LogP contribution < -0.4 is 4.74 Å². The molecule has 16 heavy (non-hydrogen) atoms. The molecule has 0 saturated heterocycles. The summed E-state index contributed by atoms with van der Waals surface area (Å²) in [6.07, 6.45) is 3.43. The maximum absolute atomic E-state index is 13.3. The standard InChI is InChI=1S/C11H9BrF2O2/c12-7-5-8(13)11(14)9(6-7)16-10-3-1-2-4-15-10/h3,5-6H,1-2,4H2. The minimum Gasteiger partial charge on any atom is -0.465 e. The fourth-order valence-electron chi connectivity index (χ4n) is 1.32. The van der Waals surface area contributed by atoms with E-state index in [4.69, 9.17) is 9.47 Å². The number of hydrogen-bond acceptors (Lipinski definition) is 2. The van der Waals surface area contributed by atoms with E-state index in [1.807, 2.05) is 0 Å². The van der Waals surface area contributed by atoms with Crippen molar-refractivity contribution in [3.05, 3.63) is 40.3 Å². The van der Waals surface area contributed by atoms with E-state index < -0.39 is 11.6 Å². The third-order valence-electron chi connectivity index (χ3n) is 2.07. The summed E-state index contributed by atoms with van der Waals surface area (Å²) >= 11 is 3.07. The van der Waals surface area contributed by atoms with Gasteiger partial charge >= 0.3 is 0 Å². The lowest BCUT2D eigenvalue weighted by Crippen LogP contribution is -2.08. The lowest BCUT2D eigenvalue weighted by Gasteiger charge is -2.15. The summed E-state index contributed by atoms with van der Waals surface area (Å²) in [6.45, 7) is 0.532. The molecule has 1 heterocycles. The largest absolute Gasteiger partial charge is 0.465 e. The monoisotopic (exact) mass is 290 g/mol. The molecule has 0 aliphatic carbocycles. The molecule has 0 unspecified atom stereocenters. The van der Waals surface area contributed by atoms with Gasteiger partial charge in [0.05, 0.1) is 6.61 Å². The van der Waals surface area contributed by atoms with Gasteiger partial charge in [-0.05, 0) is 31.1 Å². The first-order valence-electron chi connectivity index (χ1n) is 4.82. The van der Waals surface area contributed by atoms with Gasteiger partial charge in [0.2, 0.25) is 5.82 Å². The highest BCUT2D eigenvalue weighted by Crippen LogP contribution is 2.27. The normalized spacial score (nSPS) is 15.3. The van der Waals surface area contributed by atoms with Crippen LogP contribution in [0.2, 0.25) is 0 Å². The van der Waals surface area contributed by atoms with Crippen LogP contribution in [0.3, 0.4) is 0 Å². The zero-order valence-corrected chi connectivity index (χ0v) is 9.89. The van der Waals surface area contributed by atoms with Crippen LogP contribution in [0, 0.1) is 11.6 Å². The van der Waals surface area contributed by atoms with E-state index in [1.54, 1.807) is 6.08 Å². The highest BCUT2D eigenvalue weighted by Gasteiger charge is 2.14. The van der Waals surface area contributed by atoms with Crippen molar-refractivity contribution in [3.63, 3.8) is 0 Å². The lowest BCUT2D eigenvalue weighted by atomic mass is 10.3. The Morgan fingerprint density at radius 1 is 1.31 bits per heavy atom. The van der Waals surface area contributed by atoms with E-state index in [9.17, 15) is 8.78 Å². The van der Waals surface area contributed by atoms with Gasteiger partial charge in [0.15, 0.2) is 11.6 Å². The van der Waals surface area contributed by atoms with Crippen LogP contribution in [0.1, 0.15) is 12.8 Å². The average molecular weight is 291 g/mol. The zero-order chi connectivity index (χ0) is 11.5. The van der Waals surface area contributed by atoms with Crippen LogP contribution in [0.25, 0.3) is 0 Å². The molecule has 0 saturated carbocycles. The molecule has 2 nitrogen and oxygen atoms in total. The molecule has 5 heteroatoms. The van der Waals surface area contributed by atoms with Crippen molar-refractivity contribution in [3.8, 4) is 5.75 Å². The summed E-state index contributed by atoms with van der Waals surface area (Å²) in [7, 11) is 0.